The van der Waals surface area contributed by atoms with Crippen LogP contribution in [0.1, 0.15) is 67.2 Å². The molecular weight excluding hydrogens is 438 g/mol. The van der Waals surface area contributed by atoms with Gasteiger partial charge < -0.3 is 4.90 Å². The first-order valence-corrected chi connectivity index (χ1v) is 12.5. The maximum Gasteiger partial charge on any atom is 0.269 e. The standard InChI is InChI=1S/C24H27N5O3S/c1-2-15-3-5-16(6-4-15)7-10-20(30)23-27-21-22(25-14-26-24(21)33-23)28-12-11-17-13-18(29(31)32)8-9-19(17)28/h8-9,13-16H,2-7,10-12H2,1H3. The summed E-state index contributed by atoms with van der Waals surface area (Å²) in [5.74, 6) is 2.24. The number of fused-ring (bicyclic) bond motifs is 2. The van der Waals surface area contributed by atoms with Gasteiger partial charge >= 0.3 is 0 Å². The van der Waals surface area contributed by atoms with E-state index in [4.69, 9.17) is 0 Å². The Hall–Kier alpha value is -2.94. The van der Waals surface area contributed by atoms with Crippen LogP contribution in [-0.2, 0) is 6.42 Å². The number of non-ortho nitro benzene ring substituents is 1. The van der Waals surface area contributed by atoms with Crippen LogP contribution in [-0.4, -0.2) is 32.2 Å². The van der Waals surface area contributed by atoms with E-state index < -0.39 is 0 Å². The first-order chi connectivity index (χ1) is 16.0. The molecule has 1 aliphatic heterocycles. The maximum atomic E-state index is 12.9. The van der Waals surface area contributed by atoms with Crippen LogP contribution in [0.2, 0.25) is 0 Å². The Morgan fingerprint density at radius 2 is 2.00 bits per heavy atom. The Balaban J connectivity index is 1.33. The van der Waals surface area contributed by atoms with E-state index in [1.54, 1.807) is 12.1 Å². The van der Waals surface area contributed by atoms with Gasteiger partial charge in [-0.3, -0.25) is 14.9 Å². The van der Waals surface area contributed by atoms with Crippen molar-refractivity contribution in [2.75, 3.05) is 11.4 Å². The lowest BCUT2D eigenvalue weighted by molar-refractivity contribution is -0.384. The molecule has 0 bridgehead atoms. The van der Waals surface area contributed by atoms with Gasteiger partial charge in [0.25, 0.3) is 5.69 Å². The van der Waals surface area contributed by atoms with E-state index in [1.165, 1.54) is 55.8 Å². The molecule has 2 aliphatic rings. The van der Waals surface area contributed by atoms with Gasteiger partial charge in [-0.15, -0.1) is 0 Å². The lowest BCUT2D eigenvalue weighted by Crippen LogP contribution is -2.15. The van der Waals surface area contributed by atoms with Crippen molar-refractivity contribution in [3.8, 4) is 0 Å². The first-order valence-electron chi connectivity index (χ1n) is 11.7. The molecule has 0 unspecified atom stereocenters. The van der Waals surface area contributed by atoms with Gasteiger partial charge in [-0.25, -0.2) is 15.0 Å². The van der Waals surface area contributed by atoms with Crippen molar-refractivity contribution in [3.63, 3.8) is 0 Å². The van der Waals surface area contributed by atoms with Crippen molar-refractivity contribution >= 4 is 44.7 Å². The number of rotatable bonds is 7. The second-order valence-corrected chi connectivity index (χ2v) is 10.1. The molecule has 33 heavy (non-hydrogen) atoms. The predicted molar refractivity (Wildman–Crippen MR) is 128 cm³/mol. The maximum absolute atomic E-state index is 12.9. The number of nitro benzene ring substituents is 1. The number of aromatic nitrogens is 3. The van der Waals surface area contributed by atoms with Gasteiger partial charge in [-0.05, 0) is 36.3 Å². The predicted octanol–water partition coefficient (Wildman–Crippen LogP) is 5.87. The smallest absolute Gasteiger partial charge is 0.269 e. The minimum Gasteiger partial charge on any atom is -0.324 e. The summed E-state index contributed by atoms with van der Waals surface area (Å²) < 4.78 is 0. The van der Waals surface area contributed by atoms with Crippen LogP contribution < -0.4 is 4.90 Å². The Morgan fingerprint density at radius 3 is 2.76 bits per heavy atom. The molecule has 0 saturated heterocycles. The summed E-state index contributed by atoms with van der Waals surface area (Å²) in [6.45, 7) is 2.92. The Bertz CT molecular complexity index is 1200. The average Bonchev–Trinajstić information content (AvgIpc) is 3.46. The molecule has 3 heterocycles. The largest absolute Gasteiger partial charge is 0.324 e. The van der Waals surface area contributed by atoms with Crippen LogP contribution >= 0.6 is 11.3 Å². The van der Waals surface area contributed by atoms with Crippen LogP contribution in [0.25, 0.3) is 10.3 Å². The van der Waals surface area contributed by atoms with Crippen LogP contribution in [0, 0.1) is 22.0 Å². The summed E-state index contributed by atoms with van der Waals surface area (Å²) in [6.07, 6.45) is 9.95. The topological polar surface area (TPSA) is 102 Å². The summed E-state index contributed by atoms with van der Waals surface area (Å²) >= 11 is 1.33. The molecule has 0 radical (unpaired) electrons. The third kappa shape index (κ3) is 4.34. The van der Waals surface area contributed by atoms with Crippen LogP contribution in [0.15, 0.2) is 24.5 Å². The molecule has 0 atom stereocenters. The molecule has 1 aromatic carbocycles. The highest BCUT2D eigenvalue weighted by atomic mass is 32.1. The summed E-state index contributed by atoms with van der Waals surface area (Å²) in [7, 11) is 0. The summed E-state index contributed by atoms with van der Waals surface area (Å²) in [4.78, 5) is 39.9. The van der Waals surface area contributed by atoms with Gasteiger partial charge in [0.15, 0.2) is 16.6 Å². The van der Waals surface area contributed by atoms with Gasteiger partial charge in [-0.2, -0.15) is 0 Å². The van der Waals surface area contributed by atoms with Crippen molar-refractivity contribution in [2.45, 2.75) is 58.3 Å². The molecule has 0 spiro atoms. The van der Waals surface area contributed by atoms with Crippen LogP contribution in [0.4, 0.5) is 17.2 Å². The zero-order chi connectivity index (χ0) is 22.9. The highest BCUT2D eigenvalue weighted by Crippen LogP contribution is 2.39. The zero-order valence-corrected chi connectivity index (χ0v) is 19.5. The fourth-order valence-electron chi connectivity index (χ4n) is 5.15. The quantitative estimate of drug-likeness (QED) is 0.244. The number of hydrogen-bond acceptors (Lipinski definition) is 8. The summed E-state index contributed by atoms with van der Waals surface area (Å²) in [5, 5.41) is 11.6. The molecular formula is C24H27N5O3S. The normalized spacial score (nSPS) is 20.2. The van der Waals surface area contributed by atoms with E-state index in [9.17, 15) is 14.9 Å². The van der Waals surface area contributed by atoms with Crippen molar-refractivity contribution in [1.29, 1.82) is 0 Å². The second-order valence-electron chi connectivity index (χ2n) is 9.10. The number of ketones is 1. The number of carbonyl (C=O) groups excluding carboxylic acids is 1. The molecule has 1 aliphatic carbocycles. The van der Waals surface area contributed by atoms with Gasteiger partial charge in [0.1, 0.15) is 16.7 Å². The first kappa shape index (κ1) is 21.9. The van der Waals surface area contributed by atoms with Crippen LogP contribution in [0.3, 0.4) is 0 Å². The van der Waals surface area contributed by atoms with Crippen LogP contribution in [0.5, 0.6) is 0 Å². The van der Waals surface area contributed by atoms with Gasteiger partial charge in [0.05, 0.1) is 4.92 Å². The minimum absolute atomic E-state index is 0.0824. The lowest BCUT2D eigenvalue weighted by Gasteiger charge is -2.27. The number of carbonyl (C=O) groups is 1. The molecule has 0 N–H and O–H groups in total. The molecule has 0 amide bonds. The number of anilines is 2. The van der Waals surface area contributed by atoms with E-state index in [-0.39, 0.29) is 16.4 Å². The number of nitrogens with zero attached hydrogens (tertiary/aromatic N) is 5. The van der Waals surface area contributed by atoms with Crippen molar-refractivity contribution < 1.29 is 9.72 Å². The van der Waals surface area contributed by atoms with E-state index in [0.717, 1.165) is 23.6 Å². The van der Waals surface area contributed by atoms with E-state index >= 15 is 0 Å². The Morgan fingerprint density at radius 1 is 1.21 bits per heavy atom. The third-order valence-electron chi connectivity index (χ3n) is 7.16. The van der Waals surface area contributed by atoms with Crippen molar-refractivity contribution in [3.05, 3.63) is 45.2 Å². The highest BCUT2D eigenvalue weighted by molar-refractivity contribution is 7.20. The number of Topliss-reactive ketones (excluding diaryl/α,β-unsaturated/α-hetero) is 1. The molecule has 2 aromatic heterocycles. The lowest BCUT2D eigenvalue weighted by atomic mass is 9.79. The fraction of sp³-hybridized carbons (Fsp3) is 0.500. The van der Waals surface area contributed by atoms with Gasteiger partial charge in [0, 0.05) is 30.8 Å². The third-order valence-corrected chi connectivity index (χ3v) is 8.17. The van der Waals surface area contributed by atoms with Gasteiger partial charge in [-0.1, -0.05) is 50.4 Å². The molecule has 3 aromatic rings. The van der Waals surface area contributed by atoms with E-state index in [2.05, 4.69) is 21.9 Å². The molecule has 5 rings (SSSR count). The van der Waals surface area contributed by atoms with Crippen molar-refractivity contribution in [1.82, 2.24) is 15.0 Å². The number of thiazole rings is 1. The van der Waals surface area contributed by atoms with Gasteiger partial charge in [0.2, 0.25) is 0 Å². The second kappa shape index (κ2) is 9.13. The Labute approximate surface area is 196 Å². The molecule has 9 heteroatoms. The Kier molecular flexibility index (Phi) is 6.05. The summed E-state index contributed by atoms with van der Waals surface area (Å²) in [6, 6.07) is 4.90. The highest BCUT2D eigenvalue weighted by Gasteiger charge is 2.27. The number of benzene rings is 1. The molecule has 172 valence electrons. The van der Waals surface area contributed by atoms with E-state index in [0.29, 0.717) is 46.5 Å². The monoisotopic (exact) mass is 465 g/mol. The molecule has 1 fully saturated rings. The fourth-order valence-corrected chi connectivity index (χ4v) is 6.02. The molecule has 8 nitrogen and oxygen atoms in total. The average molecular weight is 466 g/mol. The van der Waals surface area contributed by atoms with E-state index in [1.807, 2.05) is 4.90 Å². The SMILES string of the molecule is CCC1CCC(CCC(=O)c2nc3c(N4CCc5cc([N+](=O)[O-])ccc54)ncnc3s2)CC1. The minimum atomic E-state index is -0.375. The van der Waals surface area contributed by atoms with Crippen molar-refractivity contribution in [2.24, 2.45) is 11.8 Å². The summed E-state index contributed by atoms with van der Waals surface area (Å²) in [5.41, 5.74) is 2.53. The zero-order valence-electron chi connectivity index (χ0n) is 18.7. The number of hydrogen-bond donors (Lipinski definition) is 0. The number of nitro groups is 1. The molecule has 1 saturated carbocycles.